The van der Waals surface area contributed by atoms with Gasteiger partial charge < -0.3 is 9.47 Å². The van der Waals surface area contributed by atoms with E-state index >= 15 is 0 Å². The fourth-order valence-corrected chi connectivity index (χ4v) is 4.12. The molecule has 1 aliphatic rings. The van der Waals surface area contributed by atoms with Crippen LogP contribution in [-0.4, -0.2) is 35.2 Å². The molecule has 6 nitrogen and oxygen atoms in total. The lowest BCUT2D eigenvalue weighted by Crippen LogP contribution is -2.34. The summed E-state index contributed by atoms with van der Waals surface area (Å²) in [4.78, 5) is 37.4. The molecule has 162 valence electrons. The zero-order valence-corrected chi connectivity index (χ0v) is 19.4. The van der Waals surface area contributed by atoms with Crippen molar-refractivity contribution in [1.29, 1.82) is 0 Å². The fourth-order valence-electron chi connectivity index (χ4n) is 2.70. The predicted molar refractivity (Wildman–Crippen MR) is 119 cm³/mol. The average molecular weight is 529 g/mol. The summed E-state index contributed by atoms with van der Waals surface area (Å²) in [6, 6.07) is 9.41. The van der Waals surface area contributed by atoms with Crippen molar-refractivity contribution < 1.29 is 28.2 Å². The maximum absolute atomic E-state index is 14.0. The topological polar surface area (TPSA) is 72.9 Å². The first-order valence-electron chi connectivity index (χ1n) is 9.06. The van der Waals surface area contributed by atoms with Crippen LogP contribution < -0.4 is 4.74 Å². The summed E-state index contributed by atoms with van der Waals surface area (Å²) in [5, 5.41) is -0.335. The van der Waals surface area contributed by atoms with Gasteiger partial charge in [-0.2, -0.15) is 0 Å². The number of benzene rings is 2. The SMILES string of the molecule is CCOC(=O)CN1C(=O)S/C(=C\c2cc(Br)ccc2OCc2c(F)cccc2Cl)C1=O. The number of ether oxygens (including phenoxy) is 2. The third-order valence-electron chi connectivity index (χ3n) is 4.16. The summed E-state index contributed by atoms with van der Waals surface area (Å²) in [6.07, 6.45) is 1.49. The second-order valence-electron chi connectivity index (χ2n) is 6.24. The van der Waals surface area contributed by atoms with Gasteiger partial charge in [0.2, 0.25) is 0 Å². The Morgan fingerprint density at radius 2 is 2.06 bits per heavy atom. The Balaban J connectivity index is 1.83. The summed E-state index contributed by atoms with van der Waals surface area (Å²) >= 11 is 10.1. The average Bonchev–Trinajstić information content (AvgIpc) is 2.96. The van der Waals surface area contributed by atoms with E-state index in [2.05, 4.69) is 15.9 Å². The van der Waals surface area contributed by atoms with E-state index in [0.29, 0.717) is 27.5 Å². The van der Waals surface area contributed by atoms with Crippen molar-refractivity contribution >= 4 is 62.5 Å². The number of carbonyl (C=O) groups is 3. The van der Waals surface area contributed by atoms with Crippen LogP contribution in [0.2, 0.25) is 5.02 Å². The molecule has 0 saturated carbocycles. The highest BCUT2D eigenvalue weighted by Gasteiger charge is 2.36. The fraction of sp³-hybridized carbons (Fsp3) is 0.190. The van der Waals surface area contributed by atoms with E-state index in [1.807, 2.05) is 0 Å². The molecule has 0 bridgehead atoms. The first kappa shape index (κ1) is 23.3. The van der Waals surface area contributed by atoms with Crippen molar-refractivity contribution in [3.63, 3.8) is 0 Å². The van der Waals surface area contributed by atoms with Crippen LogP contribution in [0.25, 0.3) is 6.08 Å². The summed E-state index contributed by atoms with van der Waals surface area (Å²) in [6.45, 7) is 1.20. The molecular formula is C21H16BrClFNO5S. The quantitative estimate of drug-likeness (QED) is 0.353. The van der Waals surface area contributed by atoms with Crippen molar-refractivity contribution in [2.24, 2.45) is 0 Å². The maximum atomic E-state index is 14.0. The van der Waals surface area contributed by atoms with E-state index in [0.717, 1.165) is 4.90 Å². The largest absolute Gasteiger partial charge is 0.488 e. The lowest BCUT2D eigenvalue weighted by atomic mass is 10.1. The molecule has 0 N–H and O–H groups in total. The molecule has 1 heterocycles. The minimum atomic E-state index is -0.667. The number of halogens is 3. The molecule has 2 amide bonds. The van der Waals surface area contributed by atoms with Crippen LogP contribution in [-0.2, 0) is 20.9 Å². The van der Waals surface area contributed by atoms with Gasteiger partial charge in [0.1, 0.15) is 24.7 Å². The third kappa shape index (κ3) is 5.66. The number of imide groups is 1. The first-order chi connectivity index (χ1) is 14.8. The second kappa shape index (κ2) is 10.3. The van der Waals surface area contributed by atoms with Gasteiger partial charge in [0.25, 0.3) is 11.1 Å². The molecule has 1 aliphatic heterocycles. The van der Waals surface area contributed by atoms with Crippen LogP contribution in [0.15, 0.2) is 45.8 Å². The molecule has 0 spiro atoms. The molecule has 1 saturated heterocycles. The number of nitrogens with zero attached hydrogens (tertiary/aromatic N) is 1. The van der Waals surface area contributed by atoms with E-state index in [4.69, 9.17) is 21.1 Å². The minimum Gasteiger partial charge on any atom is -0.488 e. The van der Waals surface area contributed by atoms with Crippen LogP contribution in [0.1, 0.15) is 18.1 Å². The Hall–Kier alpha value is -2.36. The molecule has 10 heteroatoms. The Morgan fingerprint density at radius 1 is 1.29 bits per heavy atom. The Bertz CT molecular complexity index is 1060. The number of carbonyl (C=O) groups excluding carboxylic acids is 3. The van der Waals surface area contributed by atoms with E-state index in [-0.39, 0.29) is 28.7 Å². The molecule has 0 unspecified atom stereocenters. The normalized spacial score (nSPS) is 15.0. The van der Waals surface area contributed by atoms with Gasteiger partial charge >= 0.3 is 5.97 Å². The number of rotatable bonds is 7. The van der Waals surface area contributed by atoms with Gasteiger partial charge in [0.05, 0.1) is 16.5 Å². The number of thioether (sulfide) groups is 1. The maximum Gasteiger partial charge on any atom is 0.326 e. The summed E-state index contributed by atoms with van der Waals surface area (Å²) < 4.78 is 25.3. The zero-order valence-electron chi connectivity index (χ0n) is 16.2. The number of amides is 2. The summed E-state index contributed by atoms with van der Waals surface area (Å²) in [7, 11) is 0. The van der Waals surface area contributed by atoms with Gasteiger partial charge in [0.15, 0.2) is 0 Å². The van der Waals surface area contributed by atoms with Gasteiger partial charge in [-0.25, -0.2) is 4.39 Å². The molecule has 0 aromatic heterocycles. The number of esters is 1. The van der Waals surface area contributed by atoms with Crippen molar-refractivity contribution in [3.8, 4) is 5.75 Å². The van der Waals surface area contributed by atoms with E-state index < -0.39 is 29.5 Å². The molecule has 0 aliphatic carbocycles. The Morgan fingerprint density at radius 3 is 2.77 bits per heavy atom. The standard InChI is InChI=1S/C21H16BrClFNO5S/c1-2-29-19(26)10-25-20(27)18(31-21(25)28)9-12-8-13(22)6-7-17(12)30-11-14-15(23)4-3-5-16(14)24/h3-9H,2,10-11H2,1H3/b18-9-. The number of hydrogen-bond acceptors (Lipinski definition) is 6. The van der Waals surface area contributed by atoms with Crippen molar-refractivity contribution in [2.75, 3.05) is 13.2 Å². The lowest BCUT2D eigenvalue weighted by Gasteiger charge is -2.12. The van der Waals surface area contributed by atoms with E-state index in [1.165, 1.54) is 18.2 Å². The van der Waals surface area contributed by atoms with Gasteiger partial charge in [-0.1, -0.05) is 33.6 Å². The van der Waals surface area contributed by atoms with Crippen LogP contribution in [0.5, 0.6) is 5.75 Å². The second-order valence-corrected chi connectivity index (χ2v) is 8.56. The summed E-state index contributed by atoms with van der Waals surface area (Å²) in [5.41, 5.74) is 0.691. The molecule has 0 radical (unpaired) electrons. The summed E-state index contributed by atoms with van der Waals surface area (Å²) in [5.74, 6) is -1.41. The highest BCUT2D eigenvalue weighted by atomic mass is 79.9. The minimum absolute atomic E-state index is 0.126. The first-order valence-corrected chi connectivity index (χ1v) is 11.0. The Kier molecular flexibility index (Phi) is 7.74. The molecule has 31 heavy (non-hydrogen) atoms. The van der Waals surface area contributed by atoms with Crippen LogP contribution in [0.4, 0.5) is 9.18 Å². The smallest absolute Gasteiger partial charge is 0.326 e. The molecule has 0 atom stereocenters. The van der Waals surface area contributed by atoms with Gasteiger partial charge in [-0.3, -0.25) is 19.3 Å². The third-order valence-corrected chi connectivity index (χ3v) is 5.91. The zero-order chi connectivity index (χ0) is 22.5. The molecule has 1 fully saturated rings. The predicted octanol–water partition coefficient (Wildman–Crippen LogP) is 5.42. The van der Waals surface area contributed by atoms with Crippen LogP contribution >= 0.6 is 39.3 Å². The molecular weight excluding hydrogens is 513 g/mol. The lowest BCUT2D eigenvalue weighted by molar-refractivity contribution is -0.145. The molecule has 3 rings (SSSR count). The van der Waals surface area contributed by atoms with Gasteiger partial charge in [-0.05, 0) is 55.1 Å². The van der Waals surface area contributed by atoms with Crippen molar-refractivity contribution in [3.05, 3.63) is 67.7 Å². The highest BCUT2D eigenvalue weighted by Crippen LogP contribution is 2.35. The van der Waals surface area contributed by atoms with Crippen molar-refractivity contribution in [2.45, 2.75) is 13.5 Å². The van der Waals surface area contributed by atoms with E-state index in [9.17, 15) is 18.8 Å². The van der Waals surface area contributed by atoms with Gasteiger partial charge in [0, 0.05) is 15.6 Å². The molecule has 2 aromatic rings. The highest BCUT2D eigenvalue weighted by molar-refractivity contribution is 9.10. The van der Waals surface area contributed by atoms with Crippen LogP contribution in [0.3, 0.4) is 0 Å². The number of hydrogen-bond donors (Lipinski definition) is 0. The van der Waals surface area contributed by atoms with Crippen LogP contribution in [0, 0.1) is 5.82 Å². The van der Waals surface area contributed by atoms with Gasteiger partial charge in [-0.15, -0.1) is 0 Å². The Labute approximate surface area is 195 Å². The molecule has 2 aromatic carbocycles. The van der Waals surface area contributed by atoms with E-state index in [1.54, 1.807) is 31.2 Å². The van der Waals surface area contributed by atoms with Crippen molar-refractivity contribution in [1.82, 2.24) is 4.90 Å². The monoisotopic (exact) mass is 527 g/mol.